The second-order valence-corrected chi connectivity index (χ2v) is 4.02. The van der Waals surface area contributed by atoms with Gasteiger partial charge in [0.05, 0.1) is 24.9 Å². The van der Waals surface area contributed by atoms with Crippen molar-refractivity contribution in [3.63, 3.8) is 0 Å². The number of aromatic nitrogens is 2. The maximum absolute atomic E-state index is 5.72. The van der Waals surface area contributed by atoms with Gasteiger partial charge in [0, 0.05) is 5.56 Å². The molecule has 90 valence electrons. The molecule has 1 aromatic heterocycles. The number of aryl methyl sites for hydroxylation is 1. The SMILES string of the molecule is CCc1cc(-c2cnc(CCl)[nH]2)ccc1OC. The zero-order chi connectivity index (χ0) is 12.3. The summed E-state index contributed by atoms with van der Waals surface area (Å²) in [7, 11) is 1.69. The summed E-state index contributed by atoms with van der Waals surface area (Å²) in [6.45, 7) is 2.11. The number of hydrogen-bond acceptors (Lipinski definition) is 2. The Hall–Kier alpha value is -1.48. The first-order valence-electron chi connectivity index (χ1n) is 5.55. The molecule has 0 saturated heterocycles. The molecule has 1 aromatic carbocycles. The number of H-pyrrole nitrogens is 1. The van der Waals surface area contributed by atoms with E-state index in [1.807, 2.05) is 12.1 Å². The van der Waals surface area contributed by atoms with Crippen LogP contribution in [0.5, 0.6) is 5.75 Å². The van der Waals surface area contributed by atoms with Gasteiger partial charge in [0.1, 0.15) is 11.6 Å². The first kappa shape index (κ1) is 12.0. The van der Waals surface area contributed by atoms with Crippen LogP contribution in [0.4, 0.5) is 0 Å². The van der Waals surface area contributed by atoms with Gasteiger partial charge in [-0.2, -0.15) is 0 Å². The van der Waals surface area contributed by atoms with Crippen molar-refractivity contribution in [2.45, 2.75) is 19.2 Å². The molecular weight excluding hydrogens is 236 g/mol. The number of benzene rings is 1. The highest BCUT2D eigenvalue weighted by molar-refractivity contribution is 6.16. The molecule has 3 nitrogen and oxygen atoms in total. The number of alkyl halides is 1. The molecule has 0 spiro atoms. The van der Waals surface area contributed by atoms with Gasteiger partial charge in [-0.05, 0) is 30.2 Å². The van der Waals surface area contributed by atoms with E-state index in [9.17, 15) is 0 Å². The highest BCUT2D eigenvalue weighted by Crippen LogP contribution is 2.26. The molecule has 0 bridgehead atoms. The molecule has 0 aliphatic carbocycles. The van der Waals surface area contributed by atoms with Crippen molar-refractivity contribution in [1.82, 2.24) is 9.97 Å². The average Bonchev–Trinajstić information content (AvgIpc) is 2.86. The zero-order valence-electron chi connectivity index (χ0n) is 9.96. The molecule has 1 heterocycles. The van der Waals surface area contributed by atoms with E-state index >= 15 is 0 Å². The highest BCUT2D eigenvalue weighted by atomic mass is 35.5. The Morgan fingerprint density at radius 1 is 1.41 bits per heavy atom. The molecule has 0 fully saturated rings. The van der Waals surface area contributed by atoms with E-state index in [4.69, 9.17) is 16.3 Å². The van der Waals surface area contributed by atoms with Crippen molar-refractivity contribution >= 4 is 11.6 Å². The van der Waals surface area contributed by atoms with Crippen molar-refractivity contribution in [3.05, 3.63) is 35.8 Å². The van der Waals surface area contributed by atoms with Gasteiger partial charge in [-0.1, -0.05) is 6.92 Å². The second kappa shape index (κ2) is 5.23. The lowest BCUT2D eigenvalue weighted by molar-refractivity contribution is 0.410. The number of nitrogens with one attached hydrogen (secondary N) is 1. The Balaban J connectivity index is 2.38. The van der Waals surface area contributed by atoms with Gasteiger partial charge in [-0.3, -0.25) is 0 Å². The topological polar surface area (TPSA) is 37.9 Å². The van der Waals surface area contributed by atoms with Crippen LogP contribution in [0.25, 0.3) is 11.3 Å². The van der Waals surface area contributed by atoms with E-state index in [1.54, 1.807) is 13.3 Å². The Morgan fingerprint density at radius 2 is 2.24 bits per heavy atom. The van der Waals surface area contributed by atoms with Gasteiger partial charge in [0.15, 0.2) is 0 Å². The van der Waals surface area contributed by atoms with Crippen LogP contribution in [-0.4, -0.2) is 17.1 Å². The van der Waals surface area contributed by atoms with Gasteiger partial charge >= 0.3 is 0 Å². The third-order valence-corrected chi connectivity index (χ3v) is 2.98. The van der Waals surface area contributed by atoms with Crippen molar-refractivity contribution in [2.24, 2.45) is 0 Å². The fourth-order valence-corrected chi connectivity index (χ4v) is 1.94. The summed E-state index contributed by atoms with van der Waals surface area (Å²) < 4.78 is 5.31. The van der Waals surface area contributed by atoms with Crippen LogP contribution in [0.2, 0.25) is 0 Å². The van der Waals surface area contributed by atoms with E-state index in [2.05, 4.69) is 23.0 Å². The zero-order valence-corrected chi connectivity index (χ0v) is 10.7. The maximum Gasteiger partial charge on any atom is 0.122 e. The van der Waals surface area contributed by atoms with Gasteiger partial charge in [0.2, 0.25) is 0 Å². The number of hydrogen-bond donors (Lipinski definition) is 1. The van der Waals surface area contributed by atoms with Crippen molar-refractivity contribution < 1.29 is 4.74 Å². The largest absolute Gasteiger partial charge is 0.496 e. The summed E-state index contributed by atoms with van der Waals surface area (Å²) in [5.41, 5.74) is 3.27. The van der Waals surface area contributed by atoms with Crippen LogP contribution in [-0.2, 0) is 12.3 Å². The molecular formula is C13H15ClN2O. The molecule has 0 radical (unpaired) electrons. The number of methoxy groups -OCH3 is 1. The summed E-state index contributed by atoms with van der Waals surface area (Å²) in [5, 5.41) is 0. The van der Waals surface area contributed by atoms with E-state index in [1.165, 1.54) is 5.56 Å². The van der Waals surface area contributed by atoms with Crippen LogP contribution in [0, 0.1) is 0 Å². The molecule has 1 N–H and O–H groups in total. The molecule has 0 amide bonds. The third kappa shape index (κ3) is 2.44. The summed E-state index contributed by atoms with van der Waals surface area (Å²) in [4.78, 5) is 7.37. The average molecular weight is 251 g/mol. The Labute approximate surface area is 106 Å². The van der Waals surface area contributed by atoms with Crippen LogP contribution >= 0.6 is 11.6 Å². The normalized spacial score (nSPS) is 10.5. The molecule has 0 atom stereocenters. The molecule has 17 heavy (non-hydrogen) atoms. The minimum atomic E-state index is 0.400. The van der Waals surface area contributed by atoms with Gasteiger partial charge in [-0.15, -0.1) is 11.6 Å². The smallest absolute Gasteiger partial charge is 0.122 e. The van der Waals surface area contributed by atoms with Gasteiger partial charge in [0.25, 0.3) is 0 Å². The minimum absolute atomic E-state index is 0.400. The first-order chi connectivity index (χ1) is 8.28. The van der Waals surface area contributed by atoms with Crippen molar-refractivity contribution in [3.8, 4) is 17.0 Å². The molecule has 2 rings (SSSR count). The third-order valence-electron chi connectivity index (χ3n) is 2.73. The first-order valence-corrected chi connectivity index (χ1v) is 6.09. The Morgan fingerprint density at radius 3 is 2.82 bits per heavy atom. The number of ether oxygens (including phenoxy) is 1. The fraction of sp³-hybridized carbons (Fsp3) is 0.308. The van der Waals surface area contributed by atoms with E-state index in [0.29, 0.717) is 5.88 Å². The lowest BCUT2D eigenvalue weighted by atomic mass is 10.1. The van der Waals surface area contributed by atoms with E-state index in [-0.39, 0.29) is 0 Å². The monoisotopic (exact) mass is 250 g/mol. The predicted octanol–water partition coefficient (Wildman–Crippen LogP) is 3.39. The fourth-order valence-electron chi connectivity index (χ4n) is 1.80. The molecule has 4 heteroatoms. The number of nitrogens with zero attached hydrogens (tertiary/aromatic N) is 1. The van der Waals surface area contributed by atoms with Crippen LogP contribution in [0.1, 0.15) is 18.3 Å². The van der Waals surface area contributed by atoms with Crippen molar-refractivity contribution in [1.29, 1.82) is 0 Å². The predicted molar refractivity (Wildman–Crippen MR) is 69.5 cm³/mol. The number of imidazole rings is 1. The molecule has 0 aliphatic heterocycles. The lowest BCUT2D eigenvalue weighted by Crippen LogP contribution is -1.91. The van der Waals surface area contributed by atoms with Crippen LogP contribution in [0.3, 0.4) is 0 Å². The Kier molecular flexibility index (Phi) is 3.69. The number of aromatic amines is 1. The summed E-state index contributed by atoms with van der Waals surface area (Å²) in [5.74, 6) is 2.11. The highest BCUT2D eigenvalue weighted by Gasteiger charge is 2.06. The van der Waals surface area contributed by atoms with Crippen LogP contribution < -0.4 is 4.74 Å². The quantitative estimate of drug-likeness (QED) is 0.845. The van der Waals surface area contributed by atoms with Crippen molar-refractivity contribution in [2.75, 3.05) is 7.11 Å². The summed E-state index contributed by atoms with van der Waals surface area (Å²) in [6.07, 6.45) is 2.74. The maximum atomic E-state index is 5.72. The van der Waals surface area contributed by atoms with Gasteiger partial charge in [-0.25, -0.2) is 4.98 Å². The molecule has 0 aliphatic rings. The second-order valence-electron chi connectivity index (χ2n) is 3.76. The van der Waals surface area contributed by atoms with E-state index < -0.39 is 0 Å². The Bertz CT molecular complexity index is 508. The standard InChI is InChI=1S/C13H15ClN2O/c1-3-9-6-10(4-5-12(9)17-2)11-8-15-13(7-14)16-11/h4-6,8H,3,7H2,1-2H3,(H,15,16). The lowest BCUT2D eigenvalue weighted by Gasteiger charge is -2.08. The molecule has 0 saturated carbocycles. The molecule has 0 unspecified atom stereocenters. The minimum Gasteiger partial charge on any atom is -0.496 e. The van der Waals surface area contributed by atoms with E-state index in [0.717, 1.165) is 29.3 Å². The summed E-state index contributed by atoms with van der Waals surface area (Å²) >= 11 is 5.72. The number of halogens is 1. The number of rotatable bonds is 4. The summed E-state index contributed by atoms with van der Waals surface area (Å²) in [6, 6.07) is 6.11. The van der Waals surface area contributed by atoms with Crippen LogP contribution in [0.15, 0.2) is 24.4 Å². The molecule has 2 aromatic rings. The van der Waals surface area contributed by atoms with Gasteiger partial charge < -0.3 is 9.72 Å².